The smallest absolute Gasteiger partial charge is 0.323 e. The Morgan fingerprint density at radius 2 is 1.84 bits per heavy atom. The molecule has 2 amide bonds. The number of aliphatic carboxylic acids is 1. The number of rotatable bonds is 7. The number of nitrogens with one attached hydrogen (secondary N) is 1. The SMILES string of the molecule is CC(=O)SC(Cc1ccccc1)C(=O)NC1COc2ccccc2N(CC(=O)O)C1=O. The van der Waals surface area contributed by atoms with Crippen molar-refractivity contribution in [3.05, 3.63) is 60.2 Å². The lowest BCUT2D eigenvalue weighted by molar-refractivity contribution is -0.137. The lowest BCUT2D eigenvalue weighted by Crippen LogP contribution is -2.53. The number of amides is 2. The molecule has 2 aromatic carbocycles. The second-order valence-corrected chi connectivity index (χ2v) is 8.33. The van der Waals surface area contributed by atoms with E-state index < -0.39 is 35.6 Å². The molecule has 0 saturated heterocycles. The molecule has 2 N–H and O–H groups in total. The van der Waals surface area contributed by atoms with Crippen molar-refractivity contribution >= 4 is 40.3 Å². The summed E-state index contributed by atoms with van der Waals surface area (Å²) in [4.78, 5) is 50.2. The van der Waals surface area contributed by atoms with Crippen molar-refractivity contribution in [2.24, 2.45) is 0 Å². The van der Waals surface area contributed by atoms with Crippen molar-refractivity contribution in [3.63, 3.8) is 0 Å². The number of fused-ring (bicyclic) bond motifs is 1. The molecular formula is C22H22N2O6S. The Morgan fingerprint density at radius 3 is 2.52 bits per heavy atom. The molecule has 162 valence electrons. The molecular weight excluding hydrogens is 420 g/mol. The summed E-state index contributed by atoms with van der Waals surface area (Å²) < 4.78 is 5.68. The highest BCUT2D eigenvalue weighted by Gasteiger charge is 2.35. The molecule has 0 aromatic heterocycles. The van der Waals surface area contributed by atoms with Crippen LogP contribution in [0.4, 0.5) is 5.69 Å². The molecule has 0 saturated carbocycles. The maximum atomic E-state index is 13.1. The molecule has 0 spiro atoms. The number of nitrogens with zero attached hydrogens (tertiary/aromatic N) is 1. The Balaban J connectivity index is 1.80. The molecule has 8 nitrogen and oxygen atoms in total. The van der Waals surface area contributed by atoms with Crippen LogP contribution in [0.3, 0.4) is 0 Å². The number of para-hydroxylation sites is 2. The van der Waals surface area contributed by atoms with Crippen LogP contribution in [0.2, 0.25) is 0 Å². The third-order valence-corrected chi connectivity index (χ3v) is 5.60. The van der Waals surface area contributed by atoms with Crippen LogP contribution in [-0.4, -0.2) is 52.4 Å². The minimum atomic E-state index is -1.19. The number of hydrogen-bond acceptors (Lipinski definition) is 6. The quantitative estimate of drug-likeness (QED) is 0.673. The summed E-state index contributed by atoms with van der Waals surface area (Å²) in [7, 11) is 0. The molecule has 1 aliphatic rings. The van der Waals surface area contributed by atoms with Crippen molar-refractivity contribution in [1.82, 2.24) is 5.32 Å². The van der Waals surface area contributed by atoms with E-state index in [-0.39, 0.29) is 11.7 Å². The van der Waals surface area contributed by atoms with Gasteiger partial charge in [-0.15, -0.1) is 0 Å². The molecule has 0 bridgehead atoms. The number of hydrogen-bond donors (Lipinski definition) is 2. The summed E-state index contributed by atoms with van der Waals surface area (Å²) in [6.45, 7) is 0.656. The van der Waals surface area contributed by atoms with E-state index >= 15 is 0 Å². The van der Waals surface area contributed by atoms with E-state index in [1.54, 1.807) is 24.3 Å². The van der Waals surface area contributed by atoms with Crippen molar-refractivity contribution in [3.8, 4) is 5.75 Å². The van der Waals surface area contributed by atoms with Gasteiger partial charge in [0.15, 0.2) is 5.12 Å². The second-order valence-electron chi connectivity index (χ2n) is 6.95. The molecule has 9 heteroatoms. The van der Waals surface area contributed by atoms with Crippen LogP contribution in [0.1, 0.15) is 12.5 Å². The van der Waals surface area contributed by atoms with Crippen molar-refractivity contribution in [2.75, 3.05) is 18.1 Å². The van der Waals surface area contributed by atoms with E-state index in [0.717, 1.165) is 22.2 Å². The fraction of sp³-hybridized carbons (Fsp3) is 0.273. The Labute approximate surface area is 183 Å². The Morgan fingerprint density at radius 1 is 1.16 bits per heavy atom. The van der Waals surface area contributed by atoms with Gasteiger partial charge in [0.1, 0.15) is 24.9 Å². The van der Waals surface area contributed by atoms with Gasteiger partial charge in [-0.1, -0.05) is 54.2 Å². The summed E-state index contributed by atoms with van der Waals surface area (Å²) in [5, 5.41) is 10.9. The average molecular weight is 442 g/mol. The van der Waals surface area contributed by atoms with Crippen LogP contribution in [0.5, 0.6) is 5.75 Å². The number of carboxylic acid groups (broad SMARTS) is 1. The first-order valence-corrected chi connectivity index (χ1v) is 10.5. The van der Waals surface area contributed by atoms with Crippen molar-refractivity contribution in [2.45, 2.75) is 24.6 Å². The second kappa shape index (κ2) is 10.1. The van der Waals surface area contributed by atoms with Gasteiger partial charge in [-0.25, -0.2) is 0 Å². The Hall–Kier alpha value is -3.33. The monoisotopic (exact) mass is 442 g/mol. The first-order chi connectivity index (χ1) is 14.8. The highest BCUT2D eigenvalue weighted by molar-refractivity contribution is 8.14. The van der Waals surface area contributed by atoms with Gasteiger partial charge < -0.3 is 15.2 Å². The first-order valence-electron chi connectivity index (χ1n) is 9.61. The number of carbonyl (C=O) groups is 4. The summed E-state index contributed by atoms with van der Waals surface area (Å²) in [5.41, 5.74) is 1.20. The zero-order chi connectivity index (χ0) is 22.4. The predicted molar refractivity (Wildman–Crippen MR) is 116 cm³/mol. The number of carboxylic acids is 1. The number of ether oxygens (including phenoxy) is 1. The normalized spacial score (nSPS) is 16.5. The molecule has 1 aliphatic heterocycles. The summed E-state index contributed by atoms with van der Waals surface area (Å²) >= 11 is 0.886. The Kier molecular flexibility index (Phi) is 7.30. The highest BCUT2D eigenvalue weighted by atomic mass is 32.2. The van der Waals surface area contributed by atoms with Crippen LogP contribution in [-0.2, 0) is 25.6 Å². The molecule has 2 unspecified atom stereocenters. The van der Waals surface area contributed by atoms with Gasteiger partial charge in [-0.05, 0) is 24.1 Å². The average Bonchev–Trinajstić information content (AvgIpc) is 2.86. The van der Waals surface area contributed by atoms with Crippen molar-refractivity contribution < 1.29 is 29.0 Å². The van der Waals surface area contributed by atoms with Gasteiger partial charge in [0.05, 0.1) is 10.9 Å². The molecule has 0 radical (unpaired) electrons. The van der Waals surface area contributed by atoms with Crippen LogP contribution in [0, 0.1) is 0 Å². The number of carbonyl (C=O) groups excluding carboxylic acids is 3. The van der Waals surface area contributed by atoms with E-state index in [1.807, 2.05) is 30.3 Å². The van der Waals surface area contributed by atoms with E-state index in [1.165, 1.54) is 6.92 Å². The molecule has 31 heavy (non-hydrogen) atoms. The number of thioether (sulfide) groups is 1. The number of benzene rings is 2. The largest absolute Gasteiger partial charge is 0.489 e. The fourth-order valence-corrected chi connectivity index (χ4v) is 4.09. The maximum Gasteiger partial charge on any atom is 0.323 e. The minimum absolute atomic E-state index is 0.152. The molecule has 0 fully saturated rings. The summed E-state index contributed by atoms with van der Waals surface area (Å²) in [6, 6.07) is 14.7. The van der Waals surface area contributed by atoms with Gasteiger partial charge in [-0.2, -0.15) is 0 Å². The van der Waals surface area contributed by atoms with E-state index in [4.69, 9.17) is 4.74 Å². The predicted octanol–water partition coefficient (Wildman–Crippen LogP) is 1.87. The van der Waals surface area contributed by atoms with Gasteiger partial charge in [0.2, 0.25) is 5.91 Å². The fourth-order valence-electron chi connectivity index (χ4n) is 3.24. The summed E-state index contributed by atoms with van der Waals surface area (Å²) in [6.07, 6.45) is 0.303. The maximum absolute atomic E-state index is 13.1. The van der Waals surface area contributed by atoms with Gasteiger partial charge >= 0.3 is 5.97 Å². The van der Waals surface area contributed by atoms with Crippen LogP contribution in [0.15, 0.2) is 54.6 Å². The lowest BCUT2D eigenvalue weighted by Gasteiger charge is -2.24. The molecule has 2 atom stereocenters. The third kappa shape index (κ3) is 5.85. The highest BCUT2D eigenvalue weighted by Crippen LogP contribution is 2.31. The van der Waals surface area contributed by atoms with Crippen LogP contribution in [0.25, 0.3) is 0 Å². The zero-order valence-corrected chi connectivity index (χ0v) is 17.6. The van der Waals surface area contributed by atoms with E-state index in [9.17, 15) is 24.3 Å². The lowest BCUT2D eigenvalue weighted by atomic mass is 10.1. The zero-order valence-electron chi connectivity index (χ0n) is 16.8. The molecule has 3 rings (SSSR count). The molecule has 2 aromatic rings. The molecule has 0 aliphatic carbocycles. The van der Waals surface area contributed by atoms with Crippen LogP contribution >= 0.6 is 11.8 Å². The van der Waals surface area contributed by atoms with E-state index in [0.29, 0.717) is 17.9 Å². The van der Waals surface area contributed by atoms with Gasteiger partial charge in [0, 0.05) is 6.92 Å². The minimum Gasteiger partial charge on any atom is -0.489 e. The topological polar surface area (TPSA) is 113 Å². The summed E-state index contributed by atoms with van der Waals surface area (Å²) in [5.74, 6) is -1.92. The van der Waals surface area contributed by atoms with Crippen molar-refractivity contribution in [1.29, 1.82) is 0 Å². The first kappa shape index (κ1) is 22.4. The molecule has 1 heterocycles. The third-order valence-electron chi connectivity index (χ3n) is 4.60. The number of anilines is 1. The van der Waals surface area contributed by atoms with E-state index in [2.05, 4.69) is 5.32 Å². The van der Waals surface area contributed by atoms with Gasteiger partial charge in [-0.3, -0.25) is 24.1 Å². The van der Waals surface area contributed by atoms with Crippen LogP contribution < -0.4 is 15.0 Å². The van der Waals surface area contributed by atoms with Gasteiger partial charge in [0.25, 0.3) is 5.91 Å². The Bertz CT molecular complexity index is 981. The standard InChI is InChI=1S/C22H22N2O6S/c1-14(25)31-19(11-15-7-3-2-4-8-15)21(28)23-16-13-30-18-10-6-5-9-17(18)24(22(16)29)12-20(26)27/h2-10,16,19H,11-13H2,1H3,(H,23,28)(H,26,27).